The van der Waals surface area contributed by atoms with Gasteiger partial charge in [-0.3, -0.25) is 4.79 Å². The summed E-state index contributed by atoms with van der Waals surface area (Å²) in [6.45, 7) is 2.09. The number of carboxylic acid groups (broad SMARTS) is 1. The Morgan fingerprint density at radius 1 is 1.13 bits per heavy atom. The molecule has 0 atom stereocenters. The molecule has 0 unspecified atom stereocenters. The van der Waals surface area contributed by atoms with Crippen LogP contribution in [0.25, 0.3) is 17.4 Å². The molecule has 0 spiro atoms. The lowest BCUT2D eigenvalue weighted by molar-refractivity contribution is -0.115. The molecule has 1 fully saturated rings. The number of amidine groups is 1. The lowest BCUT2D eigenvalue weighted by atomic mass is 10.1. The average Bonchev–Trinajstić information content (AvgIpc) is 3.35. The first-order chi connectivity index (χ1) is 14.5. The summed E-state index contributed by atoms with van der Waals surface area (Å²) < 4.78 is 5.78. The molecule has 0 aliphatic carbocycles. The predicted molar refractivity (Wildman–Crippen MR) is 118 cm³/mol. The number of nitrogens with zero attached hydrogens (tertiary/aromatic N) is 1. The van der Waals surface area contributed by atoms with E-state index in [9.17, 15) is 14.7 Å². The fourth-order valence-electron chi connectivity index (χ4n) is 2.99. The predicted octanol–water partition coefficient (Wildman–Crippen LogP) is 5.10. The van der Waals surface area contributed by atoms with Gasteiger partial charge < -0.3 is 14.8 Å². The zero-order chi connectivity index (χ0) is 21.1. The fourth-order valence-corrected chi connectivity index (χ4v) is 3.81. The lowest BCUT2D eigenvalue weighted by Gasteiger charge is -2.02. The number of benzene rings is 2. The van der Waals surface area contributed by atoms with Crippen molar-refractivity contribution in [3.8, 4) is 11.3 Å². The highest BCUT2D eigenvalue weighted by Gasteiger charge is 2.24. The molecule has 4 rings (SSSR count). The maximum atomic E-state index is 12.3. The number of nitrogens with one attached hydrogen (secondary N) is 1. The molecule has 0 bridgehead atoms. The first-order valence-electron chi connectivity index (χ1n) is 9.34. The van der Waals surface area contributed by atoms with Crippen molar-refractivity contribution in [1.29, 1.82) is 0 Å². The van der Waals surface area contributed by atoms with E-state index in [0.717, 1.165) is 12.1 Å². The monoisotopic (exact) mass is 418 g/mol. The van der Waals surface area contributed by atoms with Crippen molar-refractivity contribution in [2.75, 3.05) is 0 Å². The molecule has 2 heterocycles. The summed E-state index contributed by atoms with van der Waals surface area (Å²) in [5.74, 6) is -0.405. The van der Waals surface area contributed by atoms with Gasteiger partial charge in [-0.05, 0) is 54.1 Å². The third-order valence-electron chi connectivity index (χ3n) is 4.55. The SMILES string of the molecule is CCc1ccc(N=C2NC(=O)/C(=C/c3ccc(-c4ccccc4C(=O)O)o3)S2)cc1. The molecule has 2 aromatic carbocycles. The summed E-state index contributed by atoms with van der Waals surface area (Å²) in [5, 5.41) is 12.6. The van der Waals surface area contributed by atoms with Gasteiger partial charge in [0, 0.05) is 11.6 Å². The van der Waals surface area contributed by atoms with Crippen LogP contribution in [0, 0.1) is 0 Å². The Hall–Kier alpha value is -3.58. The standard InChI is InChI=1S/C23H18N2O4S/c1-2-14-7-9-15(10-8-14)24-23-25-21(26)20(30-23)13-16-11-12-19(29-16)17-5-3-4-6-18(17)22(27)28/h3-13H,2H2,1H3,(H,27,28)(H,24,25,26)/b20-13-. The van der Waals surface area contributed by atoms with Crippen molar-refractivity contribution >= 4 is 40.6 Å². The molecule has 30 heavy (non-hydrogen) atoms. The van der Waals surface area contributed by atoms with Crippen molar-refractivity contribution in [2.45, 2.75) is 13.3 Å². The van der Waals surface area contributed by atoms with Gasteiger partial charge >= 0.3 is 5.97 Å². The smallest absolute Gasteiger partial charge is 0.336 e. The second-order valence-electron chi connectivity index (χ2n) is 6.55. The quantitative estimate of drug-likeness (QED) is 0.563. The van der Waals surface area contributed by atoms with Gasteiger partial charge in [-0.1, -0.05) is 37.3 Å². The topological polar surface area (TPSA) is 91.9 Å². The van der Waals surface area contributed by atoms with Gasteiger partial charge in [-0.2, -0.15) is 0 Å². The number of furan rings is 1. The summed E-state index contributed by atoms with van der Waals surface area (Å²) >= 11 is 1.23. The van der Waals surface area contributed by atoms with Crippen molar-refractivity contribution in [3.05, 3.63) is 82.5 Å². The normalized spacial score (nSPS) is 16.2. The van der Waals surface area contributed by atoms with Gasteiger partial charge in [-0.25, -0.2) is 9.79 Å². The molecule has 1 saturated heterocycles. The van der Waals surface area contributed by atoms with Crippen LogP contribution in [0.1, 0.15) is 28.6 Å². The van der Waals surface area contributed by atoms with Crippen LogP contribution in [0.2, 0.25) is 0 Å². The Labute approximate surface area is 177 Å². The Balaban J connectivity index is 1.55. The van der Waals surface area contributed by atoms with Crippen LogP contribution in [0.3, 0.4) is 0 Å². The second kappa shape index (κ2) is 8.42. The van der Waals surface area contributed by atoms with Crippen molar-refractivity contribution in [3.63, 3.8) is 0 Å². The summed E-state index contributed by atoms with van der Waals surface area (Å²) in [5.41, 5.74) is 2.63. The maximum absolute atomic E-state index is 12.3. The van der Waals surface area contributed by atoms with E-state index in [0.29, 0.717) is 27.2 Å². The van der Waals surface area contributed by atoms with Gasteiger partial charge in [0.2, 0.25) is 0 Å². The second-order valence-corrected chi connectivity index (χ2v) is 7.59. The van der Waals surface area contributed by atoms with Gasteiger partial charge in [0.25, 0.3) is 5.91 Å². The first kappa shape index (κ1) is 19.7. The van der Waals surface area contributed by atoms with E-state index in [-0.39, 0.29) is 11.5 Å². The molecule has 6 nitrogen and oxygen atoms in total. The number of rotatable bonds is 5. The van der Waals surface area contributed by atoms with E-state index in [1.54, 1.807) is 36.4 Å². The van der Waals surface area contributed by atoms with Crippen molar-refractivity contribution in [2.24, 2.45) is 4.99 Å². The summed E-state index contributed by atoms with van der Waals surface area (Å²) in [6, 6.07) is 17.9. The van der Waals surface area contributed by atoms with Gasteiger partial charge in [-0.15, -0.1) is 0 Å². The van der Waals surface area contributed by atoms with Gasteiger partial charge in [0.05, 0.1) is 16.2 Å². The molecule has 7 heteroatoms. The number of aromatic carboxylic acids is 1. The summed E-state index contributed by atoms with van der Waals surface area (Å²) in [4.78, 5) is 28.6. The summed E-state index contributed by atoms with van der Waals surface area (Å²) in [6.07, 6.45) is 2.58. The summed E-state index contributed by atoms with van der Waals surface area (Å²) in [7, 11) is 0. The zero-order valence-electron chi connectivity index (χ0n) is 16.1. The number of aliphatic imine (C=N–C) groups is 1. The van der Waals surface area contributed by atoms with Crippen LogP contribution < -0.4 is 5.32 Å². The zero-order valence-corrected chi connectivity index (χ0v) is 16.9. The Kier molecular flexibility index (Phi) is 5.54. The number of amides is 1. The highest BCUT2D eigenvalue weighted by atomic mass is 32.2. The molecule has 1 aliphatic heterocycles. The van der Waals surface area contributed by atoms with Crippen molar-refractivity contribution in [1.82, 2.24) is 5.32 Å². The minimum absolute atomic E-state index is 0.155. The number of thioether (sulfide) groups is 1. The molecule has 150 valence electrons. The number of carbonyl (C=O) groups is 2. The van der Waals surface area contributed by atoms with Crippen molar-refractivity contribution < 1.29 is 19.1 Å². The van der Waals surface area contributed by atoms with Crippen LogP contribution in [0.5, 0.6) is 0 Å². The third kappa shape index (κ3) is 4.21. The molecule has 2 N–H and O–H groups in total. The first-order valence-corrected chi connectivity index (χ1v) is 10.2. The number of carbonyl (C=O) groups excluding carboxylic acids is 1. The van der Waals surface area contributed by atoms with Gasteiger partial charge in [0.15, 0.2) is 5.17 Å². The van der Waals surface area contributed by atoms with E-state index >= 15 is 0 Å². The number of hydrogen-bond acceptors (Lipinski definition) is 5. The van der Waals surface area contributed by atoms with E-state index in [4.69, 9.17) is 4.42 Å². The average molecular weight is 418 g/mol. The Morgan fingerprint density at radius 2 is 1.90 bits per heavy atom. The number of hydrogen-bond donors (Lipinski definition) is 2. The van der Waals surface area contributed by atoms with E-state index in [1.165, 1.54) is 23.4 Å². The van der Waals surface area contributed by atoms with E-state index in [1.807, 2.05) is 24.3 Å². The van der Waals surface area contributed by atoms with Crippen LogP contribution in [0.4, 0.5) is 5.69 Å². The van der Waals surface area contributed by atoms with E-state index in [2.05, 4.69) is 17.2 Å². The maximum Gasteiger partial charge on any atom is 0.336 e. The fraction of sp³-hybridized carbons (Fsp3) is 0.0870. The highest BCUT2D eigenvalue weighted by molar-refractivity contribution is 8.18. The molecule has 1 amide bonds. The molecule has 1 aromatic heterocycles. The number of aryl methyl sites for hydroxylation is 1. The molecular weight excluding hydrogens is 400 g/mol. The van der Waals surface area contributed by atoms with Crippen LogP contribution in [-0.2, 0) is 11.2 Å². The van der Waals surface area contributed by atoms with Gasteiger partial charge in [0.1, 0.15) is 11.5 Å². The molecule has 0 radical (unpaired) electrons. The lowest BCUT2D eigenvalue weighted by Crippen LogP contribution is -2.19. The van der Waals surface area contributed by atoms with E-state index < -0.39 is 5.97 Å². The molecule has 1 aliphatic rings. The minimum Gasteiger partial charge on any atom is -0.478 e. The third-order valence-corrected chi connectivity index (χ3v) is 5.46. The number of carboxylic acids is 1. The minimum atomic E-state index is -1.03. The molecular formula is C23H18N2O4S. The van der Waals surface area contributed by atoms with Crippen LogP contribution in [0.15, 0.2) is 75.0 Å². The Morgan fingerprint density at radius 3 is 2.63 bits per heavy atom. The molecule has 0 saturated carbocycles. The van der Waals surface area contributed by atoms with Crippen LogP contribution >= 0.6 is 11.8 Å². The molecule has 3 aromatic rings. The largest absolute Gasteiger partial charge is 0.478 e. The Bertz CT molecular complexity index is 1180. The highest BCUT2D eigenvalue weighted by Crippen LogP contribution is 2.31. The van der Waals surface area contributed by atoms with Crippen LogP contribution in [-0.4, -0.2) is 22.2 Å².